The first kappa shape index (κ1) is 10.5. The van der Waals surface area contributed by atoms with Crippen LogP contribution in [0.5, 0.6) is 0 Å². The predicted molar refractivity (Wildman–Crippen MR) is 56.2 cm³/mol. The summed E-state index contributed by atoms with van der Waals surface area (Å²) in [6.07, 6.45) is 3.42. The van der Waals surface area contributed by atoms with Crippen LogP contribution in [0.2, 0.25) is 0 Å². The van der Waals surface area contributed by atoms with E-state index < -0.39 is 0 Å². The Hall–Kier alpha value is -0.590. The van der Waals surface area contributed by atoms with E-state index in [-0.39, 0.29) is 18.6 Å². The van der Waals surface area contributed by atoms with Crippen molar-refractivity contribution < 1.29 is 9.53 Å². The summed E-state index contributed by atoms with van der Waals surface area (Å²) in [4.78, 5) is 11.1. The van der Waals surface area contributed by atoms with E-state index in [0.29, 0.717) is 0 Å². The number of carbonyl (C=O) groups excluding carboxylic acids is 1. The first-order chi connectivity index (χ1) is 6.08. The lowest BCUT2D eigenvalue weighted by molar-refractivity contribution is -0.148. The van der Waals surface area contributed by atoms with Crippen molar-refractivity contribution in [1.82, 2.24) is 9.78 Å². The van der Waals surface area contributed by atoms with Gasteiger partial charge >= 0.3 is 5.97 Å². The number of hydrogen-bond donors (Lipinski definition) is 0. The van der Waals surface area contributed by atoms with Gasteiger partial charge in [-0.25, -0.2) is 0 Å². The first-order valence-corrected chi connectivity index (χ1v) is 5.03. The Kier molecular flexibility index (Phi) is 3.71. The second kappa shape index (κ2) is 4.59. The Bertz CT molecular complexity index is 296. The third kappa shape index (κ3) is 3.75. The molecule has 0 saturated carbocycles. The maximum atomic E-state index is 11.1. The molecule has 0 fully saturated rings. The molecule has 1 rings (SSSR count). The molecule has 0 atom stereocenters. The van der Waals surface area contributed by atoms with Gasteiger partial charge in [-0.15, -0.1) is 0 Å². The van der Waals surface area contributed by atoms with Crippen LogP contribution < -0.4 is 0 Å². The standard InChI is InChI=1S/C8H11IN2O2/c1-6(2)13-8(12)5-11-4-7(9)3-10-11/h3-4,6H,5H2,1-2H3. The number of esters is 1. The van der Waals surface area contributed by atoms with Crippen molar-refractivity contribution in [2.75, 3.05) is 0 Å². The highest BCUT2D eigenvalue weighted by atomic mass is 127. The topological polar surface area (TPSA) is 44.1 Å². The lowest BCUT2D eigenvalue weighted by atomic mass is 10.5. The zero-order chi connectivity index (χ0) is 9.84. The number of carbonyl (C=O) groups is 1. The van der Waals surface area contributed by atoms with Crippen molar-refractivity contribution in [3.8, 4) is 0 Å². The molecule has 0 aliphatic rings. The van der Waals surface area contributed by atoms with Gasteiger partial charge in [-0.2, -0.15) is 5.10 Å². The minimum atomic E-state index is -0.255. The quantitative estimate of drug-likeness (QED) is 0.626. The lowest BCUT2D eigenvalue weighted by Gasteiger charge is -2.07. The van der Waals surface area contributed by atoms with Gasteiger partial charge in [0.25, 0.3) is 0 Å². The molecule has 4 nitrogen and oxygen atoms in total. The van der Waals surface area contributed by atoms with Crippen LogP contribution in [0.3, 0.4) is 0 Å². The van der Waals surface area contributed by atoms with Gasteiger partial charge in [0.15, 0.2) is 0 Å². The summed E-state index contributed by atoms with van der Waals surface area (Å²) >= 11 is 2.14. The molecule has 0 spiro atoms. The van der Waals surface area contributed by atoms with Crippen molar-refractivity contribution in [2.24, 2.45) is 0 Å². The van der Waals surface area contributed by atoms with Gasteiger partial charge < -0.3 is 4.74 Å². The van der Waals surface area contributed by atoms with Crippen molar-refractivity contribution in [2.45, 2.75) is 26.5 Å². The van der Waals surface area contributed by atoms with E-state index in [9.17, 15) is 4.79 Å². The maximum absolute atomic E-state index is 11.1. The van der Waals surface area contributed by atoms with E-state index in [1.807, 2.05) is 13.8 Å². The molecule has 5 heteroatoms. The molecule has 0 amide bonds. The highest BCUT2D eigenvalue weighted by Crippen LogP contribution is 2.01. The van der Waals surface area contributed by atoms with Gasteiger partial charge in [0.1, 0.15) is 6.54 Å². The Labute approximate surface area is 90.4 Å². The van der Waals surface area contributed by atoms with Crippen LogP contribution in [0, 0.1) is 3.57 Å². The molecular formula is C8H11IN2O2. The monoisotopic (exact) mass is 294 g/mol. The minimum absolute atomic E-state index is 0.0675. The summed E-state index contributed by atoms with van der Waals surface area (Å²) in [6.45, 7) is 3.83. The molecule has 0 aromatic carbocycles. The highest BCUT2D eigenvalue weighted by Gasteiger charge is 2.06. The average Bonchev–Trinajstić information content (AvgIpc) is 2.33. The molecule has 0 N–H and O–H groups in total. The van der Waals surface area contributed by atoms with E-state index in [4.69, 9.17) is 4.74 Å². The summed E-state index contributed by atoms with van der Waals surface area (Å²) in [5, 5.41) is 3.97. The maximum Gasteiger partial charge on any atom is 0.328 e. The third-order valence-electron chi connectivity index (χ3n) is 1.26. The molecule has 0 saturated heterocycles. The second-order valence-electron chi connectivity index (χ2n) is 2.89. The Morgan fingerprint density at radius 1 is 1.77 bits per heavy atom. The van der Waals surface area contributed by atoms with Crippen molar-refractivity contribution in [1.29, 1.82) is 0 Å². The minimum Gasteiger partial charge on any atom is -0.462 e. The van der Waals surface area contributed by atoms with E-state index in [1.54, 1.807) is 17.1 Å². The smallest absolute Gasteiger partial charge is 0.328 e. The molecule has 72 valence electrons. The fourth-order valence-electron chi connectivity index (χ4n) is 0.857. The summed E-state index contributed by atoms with van der Waals surface area (Å²) in [6, 6.07) is 0. The average molecular weight is 294 g/mol. The van der Waals surface area contributed by atoms with Crippen LogP contribution in [0.4, 0.5) is 0 Å². The van der Waals surface area contributed by atoms with E-state index in [2.05, 4.69) is 27.7 Å². The summed E-state index contributed by atoms with van der Waals surface area (Å²) in [5.74, 6) is -0.255. The highest BCUT2D eigenvalue weighted by molar-refractivity contribution is 14.1. The fourth-order valence-corrected chi connectivity index (χ4v) is 1.30. The molecule has 1 heterocycles. The van der Waals surface area contributed by atoms with Crippen LogP contribution in [-0.4, -0.2) is 21.9 Å². The lowest BCUT2D eigenvalue weighted by Crippen LogP contribution is -2.17. The number of aromatic nitrogens is 2. The number of nitrogens with zero attached hydrogens (tertiary/aromatic N) is 2. The molecule has 0 radical (unpaired) electrons. The fraction of sp³-hybridized carbons (Fsp3) is 0.500. The zero-order valence-electron chi connectivity index (χ0n) is 7.53. The Morgan fingerprint density at radius 3 is 2.92 bits per heavy atom. The zero-order valence-corrected chi connectivity index (χ0v) is 9.69. The van der Waals surface area contributed by atoms with Crippen LogP contribution in [-0.2, 0) is 16.1 Å². The van der Waals surface area contributed by atoms with Crippen molar-refractivity contribution in [3.05, 3.63) is 16.0 Å². The largest absolute Gasteiger partial charge is 0.462 e. The summed E-state index contributed by atoms with van der Waals surface area (Å²) in [7, 11) is 0. The van der Waals surface area contributed by atoms with E-state index in [0.717, 1.165) is 3.57 Å². The third-order valence-corrected chi connectivity index (χ3v) is 1.82. The van der Waals surface area contributed by atoms with Gasteiger partial charge in [-0.3, -0.25) is 9.48 Å². The van der Waals surface area contributed by atoms with Crippen LogP contribution in [0.1, 0.15) is 13.8 Å². The number of rotatable bonds is 3. The molecule has 0 aliphatic heterocycles. The second-order valence-corrected chi connectivity index (χ2v) is 4.14. The van der Waals surface area contributed by atoms with Crippen molar-refractivity contribution >= 4 is 28.6 Å². The van der Waals surface area contributed by atoms with Gasteiger partial charge in [-0.1, -0.05) is 0 Å². The normalized spacial score (nSPS) is 10.5. The molecule has 0 unspecified atom stereocenters. The Balaban J connectivity index is 2.45. The van der Waals surface area contributed by atoms with Crippen molar-refractivity contribution in [3.63, 3.8) is 0 Å². The molecule has 0 aliphatic carbocycles. The molecule has 1 aromatic heterocycles. The molecule has 1 aromatic rings. The van der Waals surface area contributed by atoms with Crippen LogP contribution in [0.25, 0.3) is 0 Å². The Morgan fingerprint density at radius 2 is 2.46 bits per heavy atom. The molecule has 0 bridgehead atoms. The molecular weight excluding hydrogens is 283 g/mol. The van der Waals surface area contributed by atoms with Gasteiger partial charge in [-0.05, 0) is 36.4 Å². The van der Waals surface area contributed by atoms with E-state index >= 15 is 0 Å². The van der Waals surface area contributed by atoms with Gasteiger partial charge in [0, 0.05) is 6.20 Å². The summed E-state index contributed by atoms with van der Waals surface area (Å²) < 4.78 is 7.53. The van der Waals surface area contributed by atoms with Gasteiger partial charge in [0.2, 0.25) is 0 Å². The predicted octanol–water partition coefficient (Wildman–Crippen LogP) is 1.44. The first-order valence-electron chi connectivity index (χ1n) is 3.95. The SMILES string of the molecule is CC(C)OC(=O)Cn1cc(I)cn1. The number of ether oxygens (including phenoxy) is 1. The summed E-state index contributed by atoms with van der Waals surface area (Å²) in [5.41, 5.74) is 0. The van der Waals surface area contributed by atoms with Crippen LogP contribution >= 0.6 is 22.6 Å². The number of hydrogen-bond acceptors (Lipinski definition) is 3. The molecule has 13 heavy (non-hydrogen) atoms. The van der Waals surface area contributed by atoms with E-state index in [1.165, 1.54) is 0 Å². The number of halogens is 1. The van der Waals surface area contributed by atoms with Crippen LogP contribution in [0.15, 0.2) is 12.4 Å². The van der Waals surface area contributed by atoms with Gasteiger partial charge in [0.05, 0.1) is 15.9 Å².